The van der Waals surface area contributed by atoms with Crippen LogP contribution in [-0.4, -0.2) is 14.8 Å². The number of benzene rings is 1. The molecule has 3 rings (SSSR count). The molecule has 0 radical (unpaired) electrons. The summed E-state index contributed by atoms with van der Waals surface area (Å²) < 4.78 is 16.3. The molecule has 0 aliphatic carbocycles. The third kappa shape index (κ3) is 2.25. The van der Waals surface area contributed by atoms with Crippen LogP contribution >= 0.6 is 39.5 Å². The van der Waals surface area contributed by atoms with Crippen molar-refractivity contribution < 1.29 is 4.39 Å². The van der Waals surface area contributed by atoms with Gasteiger partial charge in [0.2, 0.25) is 0 Å². The molecule has 0 saturated carbocycles. The first-order valence-electron chi connectivity index (χ1n) is 5.75. The van der Waals surface area contributed by atoms with Gasteiger partial charge >= 0.3 is 0 Å². The fraction of sp³-hybridized carbons (Fsp3) is 0.0769. The first-order chi connectivity index (χ1) is 9.58. The average molecular weight is 370 g/mol. The Balaban J connectivity index is 2.28. The summed E-state index contributed by atoms with van der Waals surface area (Å²) >= 11 is 10.1. The van der Waals surface area contributed by atoms with E-state index in [0.29, 0.717) is 9.24 Å². The molecule has 0 saturated heterocycles. The molecule has 1 aromatic carbocycles. The van der Waals surface area contributed by atoms with Crippen LogP contribution in [0.4, 0.5) is 4.39 Å². The summed E-state index contributed by atoms with van der Waals surface area (Å²) in [7, 11) is 0. The highest BCUT2D eigenvalue weighted by Gasteiger charge is 2.15. The molecule has 2 aromatic heterocycles. The third-order valence-electron chi connectivity index (χ3n) is 2.89. The molecule has 7 heteroatoms. The lowest BCUT2D eigenvalue weighted by atomic mass is 10.2. The van der Waals surface area contributed by atoms with Crippen molar-refractivity contribution in [1.29, 1.82) is 0 Å². The smallest absolute Gasteiger partial charge is 0.200 e. The lowest BCUT2D eigenvalue weighted by Gasteiger charge is -2.10. The lowest BCUT2D eigenvalue weighted by molar-refractivity contribution is 0.619. The van der Waals surface area contributed by atoms with Gasteiger partial charge in [0.1, 0.15) is 5.82 Å². The Kier molecular flexibility index (Phi) is 3.57. The Morgan fingerprint density at radius 2 is 2.25 bits per heavy atom. The van der Waals surface area contributed by atoms with Gasteiger partial charge in [0, 0.05) is 0 Å². The molecule has 0 aliphatic heterocycles. The third-order valence-corrected chi connectivity index (χ3v) is 4.64. The fourth-order valence-electron chi connectivity index (χ4n) is 1.97. The van der Waals surface area contributed by atoms with E-state index in [1.807, 2.05) is 29.0 Å². The van der Waals surface area contributed by atoms with Gasteiger partial charge in [0.25, 0.3) is 0 Å². The van der Waals surface area contributed by atoms with E-state index in [9.17, 15) is 4.39 Å². The Morgan fingerprint density at radius 3 is 2.95 bits per heavy atom. The predicted octanol–water partition coefficient (Wildman–Crippen LogP) is 4.87. The average Bonchev–Trinajstić information content (AvgIpc) is 3.03. The number of thiophene rings is 1. The van der Waals surface area contributed by atoms with Crippen LogP contribution in [0, 0.1) is 17.5 Å². The molecule has 2 heterocycles. The Hall–Kier alpha value is -1.31. The van der Waals surface area contributed by atoms with Crippen LogP contribution in [0.25, 0.3) is 16.4 Å². The standard InChI is InChI=1S/C13H9BrFN3S2/c1-7-5-9(15)8(14)6-10(7)18-12(16-17-13(18)19)11-3-2-4-20-11/h2-6H,1H3,(H,17,19). The highest BCUT2D eigenvalue weighted by Crippen LogP contribution is 2.29. The molecule has 3 aromatic rings. The molecular weight excluding hydrogens is 361 g/mol. The molecule has 0 spiro atoms. The van der Waals surface area contributed by atoms with Crippen molar-refractivity contribution in [1.82, 2.24) is 14.8 Å². The summed E-state index contributed by atoms with van der Waals surface area (Å²) in [5, 5.41) is 9.05. The van der Waals surface area contributed by atoms with Crippen molar-refractivity contribution in [3.05, 3.63) is 50.3 Å². The highest BCUT2D eigenvalue weighted by atomic mass is 79.9. The van der Waals surface area contributed by atoms with Crippen LogP contribution in [0.1, 0.15) is 5.56 Å². The quantitative estimate of drug-likeness (QED) is 0.653. The number of aryl methyl sites for hydroxylation is 1. The second-order valence-corrected chi connectivity index (χ2v) is 6.41. The van der Waals surface area contributed by atoms with E-state index in [0.717, 1.165) is 22.0 Å². The monoisotopic (exact) mass is 369 g/mol. The van der Waals surface area contributed by atoms with Gasteiger partial charge in [-0.3, -0.25) is 9.67 Å². The molecule has 0 bridgehead atoms. The van der Waals surface area contributed by atoms with Crippen molar-refractivity contribution in [2.75, 3.05) is 0 Å². The number of nitrogens with zero attached hydrogens (tertiary/aromatic N) is 2. The minimum Gasteiger partial charge on any atom is -0.267 e. The molecular formula is C13H9BrFN3S2. The molecule has 0 aliphatic rings. The first-order valence-corrected chi connectivity index (χ1v) is 7.83. The summed E-state index contributed by atoms with van der Waals surface area (Å²) in [5.41, 5.74) is 1.60. The fourth-order valence-corrected chi connectivity index (χ4v) is 3.23. The molecule has 0 atom stereocenters. The number of hydrogen-bond donors (Lipinski definition) is 1. The van der Waals surface area contributed by atoms with Crippen LogP contribution in [-0.2, 0) is 0 Å². The molecule has 0 amide bonds. The van der Waals surface area contributed by atoms with Crippen LogP contribution in [0.2, 0.25) is 0 Å². The van der Waals surface area contributed by atoms with Gasteiger partial charge in [-0.1, -0.05) is 6.07 Å². The number of nitrogens with one attached hydrogen (secondary N) is 1. The minimum atomic E-state index is -0.293. The lowest BCUT2D eigenvalue weighted by Crippen LogP contribution is -2.00. The summed E-state index contributed by atoms with van der Waals surface area (Å²) in [4.78, 5) is 0.997. The van der Waals surface area contributed by atoms with Gasteiger partial charge in [0.05, 0.1) is 15.0 Å². The zero-order valence-electron chi connectivity index (χ0n) is 10.4. The number of hydrogen-bond acceptors (Lipinski definition) is 3. The van der Waals surface area contributed by atoms with Crippen molar-refractivity contribution >= 4 is 39.5 Å². The number of H-pyrrole nitrogens is 1. The second kappa shape index (κ2) is 5.23. The first kappa shape index (κ1) is 13.7. The number of aromatic amines is 1. The van der Waals surface area contributed by atoms with E-state index in [2.05, 4.69) is 26.1 Å². The van der Waals surface area contributed by atoms with Crippen LogP contribution < -0.4 is 0 Å². The van der Waals surface area contributed by atoms with Crippen molar-refractivity contribution in [2.24, 2.45) is 0 Å². The van der Waals surface area contributed by atoms with E-state index in [1.165, 1.54) is 6.07 Å². The van der Waals surface area contributed by atoms with E-state index < -0.39 is 0 Å². The highest BCUT2D eigenvalue weighted by molar-refractivity contribution is 9.10. The van der Waals surface area contributed by atoms with Gasteiger partial charge in [-0.05, 0) is 64.2 Å². The maximum atomic E-state index is 13.6. The summed E-state index contributed by atoms with van der Waals surface area (Å²) in [6.07, 6.45) is 0. The minimum absolute atomic E-state index is 0.293. The molecule has 3 nitrogen and oxygen atoms in total. The molecule has 102 valence electrons. The summed E-state index contributed by atoms with van der Waals surface area (Å²) in [5.74, 6) is 0.436. The van der Waals surface area contributed by atoms with Crippen LogP contribution in [0.15, 0.2) is 34.1 Å². The van der Waals surface area contributed by atoms with Gasteiger partial charge < -0.3 is 0 Å². The van der Waals surface area contributed by atoms with Crippen LogP contribution in [0.5, 0.6) is 0 Å². The topological polar surface area (TPSA) is 33.6 Å². The Bertz CT molecular complexity index is 821. The van der Waals surface area contributed by atoms with Crippen molar-refractivity contribution in [2.45, 2.75) is 6.92 Å². The number of halogens is 2. The predicted molar refractivity (Wildman–Crippen MR) is 84.5 cm³/mol. The van der Waals surface area contributed by atoms with Crippen molar-refractivity contribution in [3.63, 3.8) is 0 Å². The van der Waals surface area contributed by atoms with E-state index in [-0.39, 0.29) is 5.82 Å². The van der Waals surface area contributed by atoms with Gasteiger partial charge in [-0.25, -0.2) is 4.39 Å². The summed E-state index contributed by atoms with van der Waals surface area (Å²) in [6, 6.07) is 7.12. The number of aromatic nitrogens is 3. The number of rotatable bonds is 2. The van der Waals surface area contributed by atoms with E-state index in [1.54, 1.807) is 17.4 Å². The Morgan fingerprint density at radius 1 is 1.45 bits per heavy atom. The van der Waals surface area contributed by atoms with Gasteiger partial charge in [0.15, 0.2) is 10.6 Å². The normalized spacial score (nSPS) is 10.9. The van der Waals surface area contributed by atoms with Gasteiger partial charge in [-0.15, -0.1) is 11.3 Å². The van der Waals surface area contributed by atoms with Gasteiger partial charge in [-0.2, -0.15) is 5.10 Å². The zero-order valence-corrected chi connectivity index (χ0v) is 13.6. The zero-order chi connectivity index (χ0) is 14.3. The van der Waals surface area contributed by atoms with E-state index >= 15 is 0 Å². The Labute approximate surface area is 132 Å². The molecule has 20 heavy (non-hydrogen) atoms. The largest absolute Gasteiger partial charge is 0.267 e. The molecule has 0 unspecified atom stereocenters. The molecule has 0 fully saturated rings. The van der Waals surface area contributed by atoms with E-state index in [4.69, 9.17) is 12.2 Å². The summed E-state index contributed by atoms with van der Waals surface area (Å²) in [6.45, 7) is 1.85. The van der Waals surface area contributed by atoms with Crippen LogP contribution in [0.3, 0.4) is 0 Å². The maximum Gasteiger partial charge on any atom is 0.200 e. The maximum absolute atomic E-state index is 13.6. The SMILES string of the molecule is Cc1cc(F)c(Br)cc1-n1c(-c2cccs2)n[nH]c1=S. The van der Waals surface area contributed by atoms with Crippen molar-refractivity contribution in [3.8, 4) is 16.4 Å². The molecule has 1 N–H and O–H groups in total. The second-order valence-electron chi connectivity index (χ2n) is 4.22.